The number of piperidine rings is 1. The van der Waals surface area contributed by atoms with Crippen molar-refractivity contribution in [2.24, 2.45) is 0 Å². The third-order valence-electron chi connectivity index (χ3n) is 7.45. The van der Waals surface area contributed by atoms with Crippen molar-refractivity contribution in [2.45, 2.75) is 30.6 Å². The Balaban J connectivity index is 1.35. The molecule has 2 aliphatic rings. The first-order chi connectivity index (χ1) is 20.4. The SMILES string of the molecule is O=C1/C(=C/c2cn(-c3ccccc3)nc2-c2cccc(S(=O)(=O)N3CCCCC3)c2)SC(=S)N1CCc1ccccc1. The number of hydrogen-bond acceptors (Lipinski definition) is 6. The van der Waals surface area contributed by atoms with Crippen LogP contribution < -0.4 is 0 Å². The number of hydrogen-bond donors (Lipinski definition) is 0. The second-order valence-corrected chi connectivity index (χ2v) is 13.9. The van der Waals surface area contributed by atoms with E-state index in [2.05, 4.69) is 0 Å². The summed E-state index contributed by atoms with van der Waals surface area (Å²) in [6.07, 6.45) is 7.17. The second kappa shape index (κ2) is 12.3. The topological polar surface area (TPSA) is 75.5 Å². The minimum absolute atomic E-state index is 0.138. The molecule has 10 heteroatoms. The molecule has 42 heavy (non-hydrogen) atoms. The van der Waals surface area contributed by atoms with Gasteiger partial charge < -0.3 is 0 Å². The number of para-hydroxylation sites is 1. The first kappa shape index (κ1) is 28.5. The Bertz CT molecular complexity index is 1750. The molecule has 2 fully saturated rings. The van der Waals surface area contributed by atoms with Crippen LogP contribution >= 0.6 is 24.0 Å². The van der Waals surface area contributed by atoms with E-state index in [4.69, 9.17) is 17.3 Å². The van der Waals surface area contributed by atoms with Gasteiger partial charge in [-0.15, -0.1) is 0 Å². The van der Waals surface area contributed by atoms with Crippen LogP contribution in [0.15, 0.2) is 101 Å². The van der Waals surface area contributed by atoms with Gasteiger partial charge in [0.1, 0.15) is 10.0 Å². The van der Waals surface area contributed by atoms with Crippen molar-refractivity contribution < 1.29 is 13.2 Å². The number of thioether (sulfide) groups is 1. The van der Waals surface area contributed by atoms with Gasteiger partial charge in [-0.3, -0.25) is 9.69 Å². The Labute approximate surface area is 255 Å². The second-order valence-electron chi connectivity index (χ2n) is 10.3. The van der Waals surface area contributed by atoms with Crippen molar-refractivity contribution in [1.82, 2.24) is 19.0 Å². The quantitative estimate of drug-likeness (QED) is 0.175. The molecule has 1 amide bonds. The fraction of sp³-hybridized carbons (Fsp3) is 0.219. The predicted molar refractivity (Wildman–Crippen MR) is 172 cm³/mol. The maximum atomic E-state index is 13.5. The third kappa shape index (κ3) is 5.98. The summed E-state index contributed by atoms with van der Waals surface area (Å²) in [7, 11) is -3.62. The van der Waals surface area contributed by atoms with Crippen LogP contribution in [0, 0.1) is 0 Å². The van der Waals surface area contributed by atoms with E-state index in [-0.39, 0.29) is 10.8 Å². The summed E-state index contributed by atoms with van der Waals surface area (Å²) in [6, 6.07) is 26.6. The fourth-order valence-corrected chi connectivity index (χ4v) is 8.07. The zero-order valence-corrected chi connectivity index (χ0v) is 25.4. The van der Waals surface area contributed by atoms with E-state index >= 15 is 0 Å². The summed E-state index contributed by atoms with van der Waals surface area (Å²) >= 11 is 6.87. The molecular weight excluding hydrogens is 585 g/mol. The predicted octanol–water partition coefficient (Wildman–Crippen LogP) is 6.16. The lowest BCUT2D eigenvalue weighted by atomic mass is 10.1. The van der Waals surface area contributed by atoms with E-state index < -0.39 is 10.0 Å². The molecule has 0 bridgehead atoms. The van der Waals surface area contributed by atoms with Crippen molar-refractivity contribution in [3.63, 3.8) is 0 Å². The third-order valence-corrected chi connectivity index (χ3v) is 10.7. The van der Waals surface area contributed by atoms with Crippen molar-refractivity contribution in [2.75, 3.05) is 19.6 Å². The molecule has 0 spiro atoms. The lowest BCUT2D eigenvalue weighted by molar-refractivity contribution is -0.122. The van der Waals surface area contributed by atoms with Crippen LogP contribution in [0.2, 0.25) is 0 Å². The van der Waals surface area contributed by atoms with E-state index in [1.54, 1.807) is 32.1 Å². The Hall–Kier alpha value is -3.57. The molecule has 6 rings (SSSR count). The largest absolute Gasteiger partial charge is 0.293 e. The van der Waals surface area contributed by atoms with E-state index in [1.165, 1.54) is 11.8 Å². The normalized spacial score (nSPS) is 17.3. The van der Waals surface area contributed by atoms with Crippen LogP contribution in [0.4, 0.5) is 0 Å². The highest BCUT2D eigenvalue weighted by Crippen LogP contribution is 2.35. The number of carbonyl (C=O) groups excluding carboxylic acids is 1. The summed E-state index contributed by atoms with van der Waals surface area (Å²) in [5, 5.41) is 4.86. The van der Waals surface area contributed by atoms with Gasteiger partial charge in [-0.2, -0.15) is 9.40 Å². The van der Waals surface area contributed by atoms with Gasteiger partial charge in [0.15, 0.2) is 0 Å². The van der Waals surface area contributed by atoms with Crippen molar-refractivity contribution in [3.05, 3.63) is 107 Å². The Kier molecular flexibility index (Phi) is 8.39. The van der Waals surface area contributed by atoms with Gasteiger partial charge in [-0.1, -0.05) is 91.1 Å². The first-order valence-electron chi connectivity index (χ1n) is 14.0. The summed E-state index contributed by atoms with van der Waals surface area (Å²) in [5.41, 5.74) is 3.94. The summed E-state index contributed by atoms with van der Waals surface area (Å²) in [6.45, 7) is 1.57. The fourth-order valence-electron chi connectivity index (χ4n) is 5.21. The van der Waals surface area contributed by atoms with Gasteiger partial charge in [0.2, 0.25) is 10.0 Å². The zero-order valence-electron chi connectivity index (χ0n) is 22.9. The van der Waals surface area contributed by atoms with Gasteiger partial charge >= 0.3 is 0 Å². The Morgan fingerprint density at radius 2 is 1.62 bits per heavy atom. The molecule has 0 radical (unpaired) electrons. The number of carbonyl (C=O) groups is 1. The standard InChI is InChI=1S/C32H30N4O3S3/c37-31-29(41-32(40)35(31)20-17-24-11-4-1-5-12-24)22-26-23-36(27-14-6-2-7-15-27)33-30(26)25-13-10-16-28(21-25)42(38,39)34-18-8-3-9-19-34/h1-2,4-7,10-16,21-23H,3,8-9,17-20H2/b29-22-. The zero-order chi connectivity index (χ0) is 29.1. The van der Waals surface area contributed by atoms with E-state index in [1.807, 2.05) is 79.0 Å². The highest BCUT2D eigenvalue weighted by molar-refractivity contribution is 8.26. The summed E-state index contributed by atoms with van der Waals surface area (Å²) in [5.74, 6) is -0.138. The molecule has 0 aliphatic carbocycles. The molecule has 0 N–H and O–H groups in total. The monoisotopic (exact) mass is 614 g/mol. The van der Waals surface area contributed by atoms with Gasteiger partial charge in [0.05, 0.1) is 15.5 Å². The van der Waals surface area contributed by atoms with Crippen LogP contribution in [0.3, 0.4) is 0 Å². The minimum Gasteiger partial charge on any atom is -0.293 e. The number of sulfonamides is 1. The molecule has 214 valence electrons. The van der Waals surface area contributed by atoms with Crippen LogP contribution in [0.5, 0.6) is 0 Å². The molecule has 2 aliphatic heterocycles. The van der Waals surface area contributed by atoms with E-state index in [0.717, 1.165) is 30.5 Å². The number of aromatic nitrogens is 2. The van der Waals surface area contributed by atoms with Crippen molar-refractivity contribution in [3.8, 4) is 16.9 Å². The number of nitrogens with zero attached hydrogens (tertiary/aromatic N) is 4. The number of benzene rings is 3. The highest BCUT2D eigenvalue weighted by Gasteiger charge is 2.32. The van der Waals surface area contributed by atoms with Gasteiger partial charge in [0, 0.05) is 37.0 Å². The van der Waals surface area contributed by atoms with Crippen molar-refractivity contribution >= 4 is 50.3 Å². The number of thiocarbonyl (C=S) groups is 1. The van der Waals surface area contributed by atoms with Gasteiger partial charge in [-0.25, -0.2) is 13.1 Å². The molecule has 7 nitrogen and oxygen atoms in total. The van der Waals surface area contributed by atoms with E-state index in [9.17, 15) is 13.2 Å². The molecule has 2 saturated heterocycles. The lowest BCUT2D eigenvalue weighted by Crippen LogP contribution is -2.35. The average molecular weight is 615 g/mol. The van der Waals surface area contributed by atoms with E-state index in [0.29, 0.717) is 52.1 Å². The lowest BCUT2D eigenvalue weighted by Gasteiger charge is -2.26. The molecule has 0 saturated carbocycles. The van der Waals surface area contributed by atoms with Crippen LogP contribution in [-0.4, -0.2) is 57.3 Å². The maximum Gasteiger partial charge on any atom is 0.266 e. The molecule has 4 aromatic rings. The molecule has 3 heterocycles. The highest BCUT2D eigenvalue weighted by atomic mass is 32.2. The first-order valence-corrected chi connectivity index (χ1v) is 16.6. The average Bonchev–Trinajstić information content (AvgIpc) is 3.57. The number of amides is 1. The molecule has 3 aromatic carbocycles. The van der Waals surface area contributed by atoms with Gasteiger partial charge in [0.25, 0.3) is 5.91 Å². The molecule has 0 atom stereocenters. The Morgan fingerprint density at radius 3 is 2.36 bits per heavy atom. The molecule has 1 aromatic heterocycles. The Morgan fingerprint density at radius 1 is 0.905 bits per heavy atom. The summed E-state index contributed by atoms with van der Waals surface area (Å²) in [4.78, 5) is 15.9. The van der Waals surface area contributed by atoms with Crippen molar-refractivity contribution in [1.29, 1.82) is 0 Å². The summed E-state index contributed by atoms with van der Waals surface area (Å²) < 4.78 is 30.8. The number of rotatable bonds is 8. The van der Waals surface area contributed by atoms with Crippen LogP contribution in [0.1, 0.15) is 30.4 Å². The minimum atomic E-state index is -3.62. The molecular formula is C32H30N4O3S3. The molecule has 0 unspecified atom stereocenters. The smallest absolute Gasteiger partial charge is 0.266 e. The van der Waals surface area contributed by atoms with Crippen LogP contribution in [0.25, 0.3) is 23.0 Å². The maximum absolute atomic E-state index is 13.5. The van der Waals surface area contributed by atoms with Crippen LogP contribution in [-0.2, 0) is 21.2 Å². The van der Waals surface area contributed by atoms with Gasteiger partial charge in [-0.05, 0) is 55.2 Å².